The second kappa shape index (κ2) is 5.60. The molecule has 1 saturated carbocycles. The van der Waals surface area contributed by atoms with Gasteiger partial charge in [-0.05, 0) is 25.7 Å². The van der Waals surface area contributed by atoms with Crippen LogP contribution in [0.1, 0.15) is 57.2 Å². The van der Waals surface area contributed by atoms with Crippen molar-refractivity contribution in [2.45, 2.75) is 64.3 Å². The molecular weight excluding hydrogens is 220 g/mol. The number of nitrogens with zero attached hydrogens (tertiary/aromatic N) is 2. The Morgan fingerprint density at radius 1 is 1.35 bits per heavy atom. The first-order valence-electron chi connectivity index (χ1n) is 6.27. The minimum absolute atomic E-state index is 0.146. The van der Waals surface area contributed by atoms with Gasteiger partial charge in [0.15, 0.2) is 5.82 Å². The van der Waals surface area contributed by atoms with Crippen LogP contribution in [0, 0.1) is 0 Å². The summed E-state index contributed by atoms with van der Waals surface area (Å²) < 4.78 is 10.8. The van der Waals surface area contributed by atoms with E-state index in [0.717, 1.165) is 25.7 Å². The van der Waals surface area contributed by atoms with Gasteiger partial charge in [-0.3, -0.25) is 0 Å². The molecule has 1 aliphatic rings. The Kier molecular flexibility index (Phi) is 4.12. The Hall–Kier alpha value is -0.940. The molecule has 1 aromatic heterocycles. The topological polar surface area (TPSA) is 68.4 Å². The van der Waals surface area contributed by atoms with Gasteiger partial charge in [0.25, 0.3) is 0 Å². The summed E-state index contributed by atoms with van der Waals surface area (Å²) >= 11 is 0. The van der Waals surface area contributed by atoms with Crippen molar-refractivity contribution in [2.75, 3.05) is 0 Å². The summed E-state index contributed by atoms with van der Waals surface area (Å²) in [5.74, 6) is 1.52. The number of aromatic nitrogens is 2. The van der Waals surface area contributed by atoms with Gasteiger partial charge in [0.2, 0.25) is 5.89 Å². The van der Waals surface area contributed by atoms with Crippen LogP contribution < -0.4 is 0 Å². The summed E-state index contributed by atoms with van der Waals surface area (Å²) in [4.78, 5) is 4.26. The first-order chi connectivity index (χ1) is 8.15. The first-order valence-corrected chi connectivity index (χ1v) is 6.27. The highest BCUT2D eigenvalue weighted by Crippen LogP contribution is 2.21. The maximum absolute atomic E-state index is 9.38. The van der Waals surface area contributed by atoms with Crippen molar-refractivity contribution >= 4 is 0 Å². The number of hydrogen-bond donors (Lipinski definition) is 1. The van der Waals surface area contributed by atoms with Crippen LogP contribution in [-0.2, 0) is 11.3 Å². The molecule has 1 N–H and O–H groups in total. The molecule has 1 heterocycles. The van der Waals surface area contributed by atoms with Gasteiger partial charge in [-0.15, -0.1) is 0 Å². The number of aliphatic hydroxyl groups excluding tert-OH is 1. The van der Waals surface area contributed by atoms with Gasteiger partial charge in [0, 0.05) is 5.92 Å². The van der Waals surface area contributed by atoms with E-state index in [-0.39, 0.29) is 18.1 Å². The lowest BCUT2D eigenvalue weighted by Crippen LogP contribution is -2.24. The monoisotopic (exact) mass is 240 g/mol. The van der Waals surface area contributed by atoms with E-state index in [1.807, 2.05) is 13.8 Å². The minimum atomic E-state index is -0.146. The van der Waals surface area contributed by atoms with E-state index in [2.05, 4.69) is 10.1 Å². The van der Waals surface area contributed by atoms with Gasteiger partial charge in [-0.25, -0.2) is 0 Å². The van der Waals surface area contributed by atoms with Crippen LogP contribution >= 0.6 is 0 Å². The van der Waals surface area contributed by atoms with Crippen LogP contribution in [0.3, 0.4) is 0 Å². The van der Waals surface area contributed by atoms with Crippen LogP contribution in [0.2, 0.25) is 0 Å². The zero-order valence-electron chi connectivity index (χ0n) is 10.4. The first kappa shape index (κ1) is 12.5. The minimum Gasteiger partial charge on any atom is -0.393 e. The van der Waals surface area contributed by atoms with Crippen LogP contribution in [-0.4, -0.2) is 27.5 Å². The fraction of sp³-hybridized carbons (Fsp3) is 0.833. The predicted octanol–water partition coefficient (Wildman–Crippen LogP) is 2.01. The molecule has 0 aromatic carbocycles. The van der Waals surface area contributed by atoms with Crippen LogP contribution in [0.4, 0.5) is 0 Å². The van der Waals surface area contributed by atoms with Crippen molar-refractivity contribution in [3.63, 3.8) is 0 Å². The maximum Gasteiger partial charge on any atom is 0.229 e. The number of hydrogen-bond acceptors (Lipinski definition) is 5. The zero-order chi connectivity index (χ0) is 12.3. The van der Waals surface area contributed by atoms with E-state index < -0.39 is 0 Å². The largest absolute Gasteiger partial charge is 0.393 e. The van der Waals surface area contributed by atoms with Gasteiger partial charge in [-0.2, -0.15) is 4.98 Å². The van der Waals surface area contributed by atoms with Crippen molar-refractivity contribution < 1.29 is 14.4 Å². The summed E-state index contributed by atoms with van der Waals surface area (Å²) in [7, 11) is 0. The quantitative estimate of drug-likeness (QED) is 0.871. The van der Waals surface area contributed by atoms with E-state index >= 15 is 0 Å². The molecule has 0 unspecified atom stereocenters. The van der Waals surface area contributed by atoms with Gasteiger partial charge in [0.05, 0.1) is 12.2 Å². The molecule has 2 rings (SSSR count). The zero-order valence-corrected chi connectivity index (χ0v) is 10.4. The van der Waals surface area contributed by atoms with Crippen molar-refractivity contribution in [2.24, 2.45) is 0 Å². The van der Waals surface area contributed by atoms with Gasteiger partial charge in [0.1, 0.15) is 6.61 Å². The molecule has 5 nitrogen and oxygen atoms in total. The van der Waals surface area contributed by atoms with Crippen molar-refractivity contribution in [3.05, 3.63) is 11.7 Å². The van der Waals surface area contributed by atoms with E-state index in [1.165, 1.54) is 0 Å². The Morgan fingerprint density at radius 3 is 2.65 bits per heavy atom. The second-order valence-corrected chi connectivity index (χ2v) is 4.95. The summed E-state index contributed by atoms with van der Waals surface area (Å²) in [6.45, 7) is 4.43. The average Bonchev–Trinajstić information content (AvgIpc) is 2.77. The molecule has 0 spiro atoms. The summed E-state index contributed by atoms with van der Waals surface area (Å²) in [5, 5.41) is 13.3. The molecule has 0 atom stereocenters. The predicted molar refractivity (Wildman–Crippen MR) is 61.4 cm³/mol. The van der Waals surface area contributed by atoms with Crippen molar-refractivity contribution in [3.8, 4) is 0 Å². The SMILES string of the molecule is CC(C)c1nc(COC2CCC(O)CC2)no1. The summed E-state index contributed by atoms with van der Waals surface area (Å²) in [5.41, 5.74) is 0. The number of aliphatic hydroxyl groups is 1. The van der Waals surface area contributed by atoms with Crippen LogP contribution in [0.15, 0.2) is 4.52 Å². The van der Waals surface area contributed by atoms with E-state index in [1.54, 1.807) is 0 Å². The Labute approximate surface area is 101 Å². The third-order valence-corrected chi connectivity index (χ3v) is 3.07. The van der Waals surface area contributed by atoms with Crippen LogP contribution in [0.25, 0.3) is 0 Å². The molecule has 1 aromatic rings. The molecular formula is C12H20N2O3. The smallest absolute Gasteiger partial charge is 0.229 e. The average molecular weight is 240 g/mol. The fourth-order valence-corrected chi connectivity index (χ4v) is 1.96. The van der Waals surface area contributed by atoms with E-state index in [4.69, 9.17) is 9.26 Å². The lowest BCUT2D eigenvalue weighted by Gasteiger charge is -2.24. The highest BCUT2D eigenvalue weighted by molar-refractivity contribution is 4.89. The lowest BCUT2D eigenvalue weighted by molar-refractivity contribution is -0.0147. The number of ether oxygens (including phenoxy) is 1. The van der Waals surface area contributed by atoms with Crippen molar-refractivity contribution in [1.29, 1.82) is 0 Å². The third-order valence-electron chi connectivity index (χ3n) is 3.07. The van der Waals surface area contributed by atoms with Gasteiger partial charge >= 0.3 is 0 Å². The highest BCUT2D eigenvalue weighted by Gasteiger charge is 2.20. The van der Waals surface area contributed by atoms with Gasteiger partial charge in [-0.1, -0.05) is 19.0 Å². The molecule has 0 aliphatic heterocycles. The molecule has 0 saturated heterocycles. The highest BCUT2D eigenvalue weighted by atomic mass is 16.5. The molecule has 17 heavy (non-hydrogen) atoms. The molecule has 0 amide bonds. The molecule has 1 fully saturated rings. The fourth-order valence-electron chi connectivity index (χ4n) is 1.96. The standard InChI is InChI=1S/C12H20N2O3/c1-8(2)12-13-11(14-17-12)7-16-10-5-3-9(15)4-6-10/h8-10,15H,3-7H2,1-2H3. The maximum atomic E-state index is 9.38. The molecule has 1 aliphatic carbocycles. The Morgan fingerprint density at radius 2 is 2.06 bits per heavy atom. The lowest BCUT2D eigenvalue weighted by atomic mass is 9.95. The summed E-state index contributed by atoms with van der Waals surface area (Å²) in [6, 6.07) is 0. The Balaban J connectivity index is 1.77. The molecule has 0 radical (unpaired) electrons. The van der Waals surface area contributed by atoms with E-state index in [9.17, 15) is 5.11 Å². The van der Waals surface area contributed by atoms with E-state index in [0.29, 0.717) is 18.3 Å². The second-order valence-electron chi connectivity index (χ2n) is 4.95. The van der Waals surface area contributed by atoms with Crippen LogP contribution in [0.5, 0.6) is 0 Å². The van der Waals surface area contributed by atoms with Gasteiger partial charge < -0.3 is 14.4 Å². The normalized spacial score (nSPS) is 25.4. The van der Waals surface area contributed by atoms with Crippen molar-refractivity contribution in [1.82, 2.24) is 10.1 Å². The summed E-state index contributed by atoms with van der Waals surface area (Å²) in [6.07, 6.45) is 3.56. The third kappa shape index (κ3) is 3.51. The molecule has 0 bridgehead atoms. The Bertz CT molecular complexity index is 343. The molecule has 5 heteroatoms. The molecule has 96 valence electrons. The number of rotatable bonds is 4.